The van der Waals surface area contributed by atoms with Gasteiger partial charge in [-0.3, -0.25) is 19.3 Å². The molecule has 1 aliphatic heterocycles. The molecule has 1 aromatic carbocycles. The van der Waals surface area contributed by atoms with Crippen molar-refractivity contribution in [2.75, 3.05) is 6.54 Å². The Morgan fingerprint density at radius 2 is 1.95 bits per heavy atom. The number of thioether (sulfide) groups is 1. The normalized spacial score (nSPS) is 16.9. The number of rotatable bonds is 6. The minimum atomic E-state index is -0.937. The van der Waals surface area contributed by atoms with Crippen LogP contribution in [0.15, 0.2) is 47.4 Å². The zero-order chi connectivity index (χ0) is 15.9. The number of benzene rings is 1. The predicted molar refractivity (Wildman–Crippen MR) is 85.1 cm³/mol. The molecule has 114 valence electrons. The molecule has 1 aromatic rings. The number of carboxylic acid groups (broad SMARTS) is 1. The summed E-state index contributed by atoms with van der Waals surface area (Å²) in [5.74, 6) is -1.30. The second-order valence-corrected chi connectivity index (χ2v) is 5.62. The van der Waals surface area contributed by atoms with Crippen molar-refractivity contribution in [2.24, 2.45) is 0 Å². The number of carboxylic acids is 1. The monoisotopic (exact) mass is 317 g/mol. The van der Waals surface area contributed by atoms with Crippen LogP contribution in [0.25, 0.3) is 6.08 Å². The number of carbonyl (C=O) groups is 3. The van der Waals surface area contributed by atoms with E-state index in [9.17, 15) is 14.4 Å². The van der Waals surface area contributed by atoms with E-state index in [1.807, 2.05) is 36.4 Å². The Morgan fingerprint density at radius 1 is 1.23 bits per heavy atom. The molecule has 1 saturated heterocycles. The Hall–Kier alpha value is -2.34. The van der Waals surface area contributed by atoms with Crippen molar-refractivity contribution >= 4 is 35.0 Å². The maximum absolute atomic E-state index is 12.1. The van der Waals surface area contributed by atoms with Crippen molar-refractivity contribution in [1.29, 1.82) is 0 Å². The van der Waals surface area contributed by atoms with Gasteiger partial charge in [-0.15, -0.1) is 0 Å². The lowest BCUT2D eigenvalue weighted by Gasteiger charge is -2.10. The number of allylic oxidation sites excluding steroid dienone is 2. The summed E-state index contributed by atoms with van der Waals surface area (Å²) in [4.78, 5) is 35.7. The number of hydrogen-bond acceptors (Lipinski definition) is 4. The van der Waals surface area contributed by atoms with E-state index in [0.717, 1.165) is 22.2 Å². The van der Waals surface area contributed by atoms with Gasteiger partial charge in [0.2, 0.25) is 0 Å². The van der Waals surface area contributed by atoms with Gasteiger partial charge in [-0.05, 0) is 29.8 Å². The molecule has 1 heterocycles. The molecule has 0 bridgehead atoms. The van der Waals surface area contributed by atoms with Crippen molar-refractivity contribution in [1.82, 2.24) is 4.90 Å². The van der Waals surface area contributed by atoms with Crippen LogP contribution in [0.4, 0.5) is 4.79 Å². The highest BCUT2D eigenvalue weighted by Crippen LogP contribution is 2.30. The van der Waals surface area contributed by atoms with Crippen LogP contribution in [0, 0.1) is 0 Å². The van der Waals surface area contributed by atoms with Gasteiger partial charge in [0.15, 0.2) is 0 Å². The summed E-state index contributed by atoms with van der Waals surface area (Å²) in [6, 6.07) is 9.61. The molecule has 2 rings (SSSR count). The summed E-state index contributed by atoms with van der Waals surface area (Å²) < 4.78 is 0. The van der Waals surface area contributed by atoms with Gasteiger partial charge in [-0.25, -0.2) is 0 Å². The van der Waals surface area contributed by atoms with Crippen LogP contribution < -0.4 is 0 Å². The van der Waals surface area contributed by atoms with Gasteiger partial charge < -0.3 is 5.11 Å². The molecule has 0 spiro atoms. The first kappa shape index (κ1) is 16.0. The summed E-state index contributed by atoms with van der Waals surface area (Å²) in [6.45, 7) is 0.136. The minimum absolute atomic E-state index is 0.0608. The minimum Gasteiger partial charge on any atom is -0.481 e. The second-order valence-electron chi connectivity index (χ2n) is 4.62. The molecule has 1 aliphatic rings. The van der Waals surface area contributed by atoms with E-state index in [1.165, 1.54) is 0 Å². The molecule has 5 nitrogen and oxygen atoms in total. The van der Waals surface area contributed by atoms with E-state index in [0.29, 0.717) is 4.91 Å². The van der Waals surface area contributed by atoms with Gasteiger partial charge in [0.05, 0.1) is 4.91 Å². The summed E-state index contributed by atoms with van der Waals surface area (Å²) in [7, 11) is 0. The van der Waals surface area contributed by atoms with Gasteiger partial charge in [0.25, 0.3) is 11.1 Å². The maximum atomic E-state index is 12.1. The number of carbonyl (C=O) groups excluding carboxylic acids is 2. The molecule has 2 amide bonds. The summed E-state index contributed by atoms with van der Waals surface area (Å²) in [6.07, 6.45) is 5.38. The predicted octanol–water partition coefficient (Wildman–Crippen LogP) is 3.14. The lowest BCUT2D eigenvalue weighted by molar-refractivity contribution is -0.137. The van der Waals surface area contributed by atoms with Crippen molar-refractivity contribution < 1.29 is 19.5 Å². The zero-order valence-corrected chi connectivity index (χ0v) is 12.6. The molecule has 0 unspecified atom stereocenters. The number of aliphatic carboxylic acids is 1. The first-order chi connectivity index (χ1) is 10.6. The molecule has 1 fully saturated rings. The van der Waals surface area contributed by atoms with Gasteiger partial charge >= 0.3 is 5.97 Å². The number of nitrogens with zero attached hydrogens (tertiary/aromatic N) is 1. The van der Waals surface area contributed by atoms with Gasteiger partial charge in [-0.2, -0.15) is 0 Å². The first-order valence-corrected chi connectivity index (χ1v) is 7.58. The maximum Gasteiger partial charge on any atom is 0.303 e. The van der Waals surface area contributed by atoms with E-state index < -0.39 is 5.97 Å². The van der Waals surface area contributed by atoms with Crippen molar-refractivity contribution in [2.45, 2.75) is 12.8 Å². The van der Waals surface area contributed by atoms with Crippen molar-refractivity contribution in [3.63, 3.8) is 0 Å². The Morgan fingerprint density at radius 3 is 2.64 bits per heavy atom. The Balaban J connectivity index is 1.97. The average molecular weight is 317 g/mol. The van der Waals surface area contributed by atoms with Crippen molar-refractivity contribution in [3.05, 3.63) is 53.0 Å². The number of hydrogen-bond donors (Lipinski definition) is 1. The van der Waals surface area contributed by atoms with Gasteiger partial charge in [0.1, 0.15) is 0 Å². The largest absolute Gasteiger partial charge is 0.481 e. The number of imide groups is 1. The van der Waals surface area contributed by atoms with Crippen LogP contribution >= 0.6 is 11.8 Å². The van der Waals surface area contributed by atoms with Gasteiger partial charge in [-0.1, -0.05) is 42.5 Å². The lowest BCUT2D eigenvalue weighted by atomic mass is 10.2. The van der Waals surface area contributed by atoms with Crippen LogP contribution in [0.5, 0.6) is 0 Å². The third-order valence-corrected chi connectivity index (χ3v) is 3.91. The quantitative estimate of drug-likeness (QED) is 0.816. The SMILES string of the molecule is O=C(O)CCCN1C(=O)S/C(=C\C=C/c2ccccc2)C1=O. The first-order valence-electron chi connectivity index (χ1n) is 6.77. The third-order valence-electron chi connectivity index (χ3n) is 2.98. The van der Waals surface area contributed by atoms with Crippen LogP contribution in [0.1, 0.15) is 18.4 Å². The average Bonchev–Trinajstić information content (AvgIpc) is 2.76. The summed E-state index contributed by atoms with van der Waals surface area (Å²) in [5, 5.41) is 8.23. The van der Waals surface area contributed by atoms with E-state index in [2.05, 4.69) is 0 Å². The molecule has 0 aliphatic carbocycles. The van der Waals surface area contributed by atoms with Crippen molar-refractivity contribution in [3.8, 4) is 0 Å². The molecule has 0 saturated carbocycles. The smallest absolute Gasteiger partial charge is 0.303 e. The van der Waals surface area contributed by atoms with Crippen LogP contribution in [0.3, 0.4) is 0 Å². The number of amides is 2. The summed E-state index contributed by atoms with van der Waals surface area (Å²) in [5.41, 5.74) is 0.999. The fourth-order valence-corrected chi connectivity index (χ4v) is 2.72. The van der Waals surface area contributed by atoms with E-state index in [4.69, 9.17) is 5.11 Å². The fourth-order valence-electron chi connectivity index (χ4n) is 1.91. The second kappa shape index (κ2) is 7.61. The van der Waals surface area contributed by atoms with E-state index >= 15 is 0 Å². The molecule has 0 aromatic heterocycles. The fraction of sp³-hybridized carbons (Fsp3) is 0.188. The topological polar surface area (TPSA) is 74.7 Å². The standard InChI is InChI=1S/C16H15NO4S/c18-14(19)10-5-11-17-15(20)13(22-16(17)21)9-4-8-12-6-2-1-3-7-12/h1-4,6-9H,5,10-11H2,(H,18,19)/b8-4-,13-9-. The van der Waals surface area contributed by atoms with Gasteiger partial charge in [0, 0.05) is 13.0 Å². The Bertz CT molecular complexity index is 637. The van der Waals surface area contributed by atoms with Crippen LogP contribution in [0.2, 0.25) is 0 Å². The molecule has 1 N–H and O–H groups in total. The summed E-state index contributed by atoms with van der Waals surface area (Å²) >= 11 is 0.876. The Labute approximate surface area is 132 Å². The van der Waals surface area contributed by atoms with Crippen LogP contribution in [-0.2, 0) is 9.59 Å². The lowest BCUT2D eigenvalue weighted by Crippen LogP contribution is -2.29. The molecule has 0 radical (unpaired) electrons. The third kappa shape index (κ3) is 4.33. The molecule has 6 heteroatoms. The Kier molecular flexibility index (Phi) is 5.55. The zero-order valence-electron chi connectivity index (χ0n) is 11.8. The molecular weight excluding hydrogens is 302 g/mol. The molecular formula is C16H15NO4S. The highest BCUT2D eigenvalue weighted by atomic mass is 32.2. The molecule has 22 heavy (non-hydrogen) atoms. The van der Waals surface area contributed by atoms with E-state index in [-0.39, 0.29) is 30.5 Å². The molecule has 0 atom stereocenters. The highest BCUT2D eigenvalue weighted by molar-refractivity contribution is 8.18. The highest BCUT2D eigenvalue weighted by Gasteiger charge is 2.34. The van der Waals surface area contributed by atoms with Crippen LogP contribution in [-0.4, -0.2) is 33.7 Å². The van der Waals surface area contributed by atoms with E-state index in [1.54, 1.807) is 12.2 Å².